The number of methoxy groups -OCH3 is 1. The van der Waals surface area contributed by atoms with Gasteiger partial charge in [0.15, 0.2) is 12.6 Å². The average Bonchev–Trinajstić information content (AvgIpc) is 3.54. The lowest BCUT2D eigenvalue weighted by molar-refractivity contribution is -0.116. The Bertz CT molecular complexity index is 1770. The van der Waals surface area contributed by atoms with Crippen LogP contribution in [-0.2, 0) is 14.3 Å². The van der Waals surface area contributed by atoms with Crippen molar-refractivity contribution in [3.05, 3.63) is 81.0 Å². The minimum absolute atomic E-state index is 0.0103. The number of hydrogen-bond donors (Lipinski definition) is 3. The molecule has 46 heavy (non-hydrogen) atoms. The number of pyridine rings is 1. The number of benzene rings is 2. The normalized spacial score (nSPS) is 10.9. The predicted molar refractivity (Wildman–Crippen MR) is 180 cm³/mol. The molecule has 2 heterocycles. The lowest BCUT2D eigenvalue weighted by Gasteiger charge is -2.19. The Morgan fingerprint density at radius 2 is 1.83 bits per heavy atom. The monoisotopic (exact) mass is 705 g/mol. The number of nitrogens with one attached hydrogen (secondary N) is 3. The van der Waals surface area contributed by atoms with Gasteiger partial charge in [0.2, 0.25) is 5.91 Å². The van der Waals surface area contributed by atoms with E-state index in [4.69, 9.17) is 14.2 Å². The van der Waals surface area contributed by atoms with E-state index in [1.807, 2.05) is 6.07 Å². The number of aromatic nitrogens is 1. The second-order valence-electron chi connectivity index (χ2n) is 10.8. The van der Waals surface area contributed by atoms with Crippen LogP contribution in [0.5, 0.6) is 5.75 Å². The molecule has 3 N–H and O–H groups in total. The highest BCUT2D eigenvalue weighted by Crippen LogP contribution is 2.38. The zero-order chi connectivity index (χ0) is 33.3. The molecule has 11 nitrogen and oxygen atoms in total. The number of thiophene rings is 1. The summed E-state index contributed by atoms with van der Waals surface area (Å²) in [7, 11) is 1.51. The smallest absolute Gasteiger partial charge is 0.407 e. The molecule has 0 aliphatic heterocycles. The van der Waals surface area contributed by atoms with E-state index in [-0.39, 0.29) is 37.0 Å². The van der Waals surface area contributed by atoms with Crippen molar-refractivity contribution in [1.82, 2.24) is 10.3 Å². The summed E-state index contributed by atoms with van der Waals surface area (Å²) in [5, 5.41) is 20.3. The molecule has 0 spiro atoms. The molecule has 4 rings (SSSR count). The molecule has 0 bridgehead atoms. The fourth-order valence-corrected chi connectivity index (χ4v) is 5.18. The Morgan fingerprint density at radius 3 is 2.52 bits per heavy atom. The topological polar surface area (TPSA) is 152 Å². The van der Waals surface area contributed by atoms with E-state index < -0.39 is 17.6 Å². The fourth-order valence-electron chi connectivity index (χ4n) is 4.22. The molecule has 13 heteroatoms. The van der Waals surface area contributed by atoms with Gasteiger partial charge in [-0.05, 0) is 74.2 Å². The van der Waals surface area contributed by atoms with Gasteiger partial charge in [0.1, 0.15) is 23.0 Å². The molecule has 0 radical (unpaired) electrons. The van der Waals surface area contributed by atoms with E-state index in [2.05, 4.69) is 42.9 Å². The molecule has 2 aromatic heterocycles. The first-order chi connectivity index (χ1) is 22.0. The summed E-state index contributed by atoms with van der Waals surface area (Å²) in [6.07, 6.45) is -0.595. The van der Waals surface area contributed by atoms with Crippen LogP contribution >= 0.6 is 27.3 Å². The second kappa shape index (κ2) is 15.5. The number of carbonyl (C=O) groups excluding carboxylic acids is 3. The lowest BCUT2D eigenvalue weighted by Crippen LogP contribution is -2.34. The standard InChI is InChI=1S/C33H32BrN5O6S/c1-33(2,3)45-32(42)36-13-12-29(40)37-22-8-5-7-20(15-22)24-17-26(23-11-10-21(34)16-27(23)44-19-43-4)38-30(25(24)18-35)39-31(41)28-9-6-14-46-28/h5-11,14-17H,12-13,19H2,1-4H3,(H,36,42)(H,37,40)(H,38,39,41). The van der Waals surface area contributed by atoms with E-state index in [1.165, 1.54) is 18.4 Å². The number of halogens is 1. The van der Waals surface area contributed by atoms with Gasteiger partial charge in [0, 0.05) is 41.4 Å². The van der Waals surface area contributed by atoms with Crippen LogP contribution in [-0.4, -0.2) is 48.9 Å². The summed E-state index contributed by atoms with van der Waals surface area (Å²) in [4.78, 5) is 42.8. The van der Waals surface area contributed by atoms with Crippen LogP contribution in [0.2, 0.25) is 0 Å². The van der Waals surface area contributed by atoms with Gasteiger partial charge in [-0.1, -0.05) is 34.1 Å². The van der Waals surface area contributed by atoms with Crippen molar-refractivity contribution in [1.29, 1.82) is 5.26 Å². The van der Waals surface area contributed by atoms with Gasteiger partial charge in [0.25, 0.3) is 5.91 Å². The molecule has 0 fully saturated rings. The summed E-state index contributed by atoms with van der Waals surface area (Å²) >= 11 is 4.73. The number of nitriles is 1. The number of amides is 3. The van der Waals surface area contributed by atoms with Crippen LogP contribution in [0.3, 0.4) is 0 Å². The predicted octanol–water partition coefficient (Wildman–Crippen LogP) is 7.20. The van der Waals surface area contributed by atoms with Gasteiger partial charge < -0.3 is 30.2 Å². The van der Waals surface area contributed by atoms with Gasteiger partial charge in [-0.25, -0.2) is 9.78 Å². The number of nitrogens with zero attached hydrogens (tertiary/aromatic N) is 2. The van der Waals surface area contributed by atoms with E-state index in [0.29, 0.717) is 38.7 Å². The highest BCUT2D eigenvalue weighted by Gasteiger charge is 2.21. The largest absolute Gasteiger partial charge is 0.467 e. The SMILES string of the molecule is COCOc1cc(Br)ccc1-c1cc(-c2cccc(NC(=O)CCNC(=O)OC(C)(C)C)c2)c(C#N)c(NC(=O)c2cccs2)n1. The maximum absolute atomic E-state index is 13.1. The van der Waals surface area contributed by atoms with Crippen LogP contribution in [0.4, 0.5) is 16.3 Å². The van der Waals surface area contributed by atoms with E-state index in [0.717, 1.165) is 4.47 Å². The van der Waals surface area contributed by atoms with Crippen molar-refractivity contribution < 1.29 is 28.6 Å². The number of carbonyl (C=O) groups is 3. The minimum atomic E-state index is -0.648. The quantitative estimate of drug-likeness (QED) is 0.139. The van der Waals surface area contributed by atoms with Crippen LogP contribution in [0, 0.1) is 11.3 Å². The first-order valence-corrected chi connectivity index (χ1v) is 15.7. The first kappa shape index (κ1) is 34.1. The van der Waals surface area contributed by atoms with Crippen LogP contribution in [0.15, 0.2) is 70.5 Å². The van der Waals surface area contributed by atoms with Crippen LogP contribution in [0.25, 0.3) is 22.4 Å². The Labute approximate surface area is 279 Å². The highest BCUT2D eigenvalue weighted by molar-refractivity contribution is 9.10. The Morgan fingerprint density at radius 1 is 1.02 bits per heavy atom. The second-order valence-corrected chi connectivity index (χ2v) is 12.7. The molecule has 0 aliphatic carbocycles. The third-order valence-electron chi connectivity index (χ3n) is 6.14. The van der Waals surface area contributed by atoms with E-state index in [1.54, 1.807) is 80.7 Å². The van der Waals surface area contributed by atoms with E-state index in [9.17, 15) is 19.6 Å². The summed E-state index contributed by atoms with van der Waals surface area (Å²) in [5.74, 6) is -0.204. The number of ether oxygens (including phenoxy) is 3. The number of rotatable bonds is 11. The van der Waals surface area contributed by atoms with Crippen molar-refractivity contribution in [3.63, 3.8) is 0 Å². The third-order valence-corrected chi connectivity index (χ3v) is 7.50. The molecule has 4 aromatic rings. The molecular weight excluding hydrogens is 674 g/mol. The molecule has 0 aliphatic rings. The Hall–Kier alpha value is -4.77. The molecule has 3 amide bonds. The molecular formula is C33H32BrN5O6S. The molecule has 0 saturated carbocycles. The summed E-state index contributed by atoms with van der Waals surface area (Å²) in [5.41, 5.74) is 2.04. The van der Waals surface area contributed by atoms with Crippen LogP contribution < -0.4 is 20.7 Å². The van der Waals surface area contributed by atoms with Crippen molar-refractivity contribution in [2.45, 2.75) is 32.8 Å². The number of alkyl carbamates (subject to hydrolysis) is 1. The van der Waals surface area contributed by atoms with Crippen molar-refractivity contribution in [2.24, 2.45) is 0 Å². The fraction of sp³-hybridized carbons (Fsp3) is 0.242. The molecule has 2 aromatic carbocycles. The number of hydrogen-bond acceptors (Lipinski definition) is 9. The van der Waals surface area contributed by atoms with Gasteiger partial charge in [0.05, 0.1) is 10.6 Å². The summed E-state index contributed by atoms with van der Waals surface area (Å²) in [6.45, 7) is 5.33. The van der Waals surface area contributed by atoms with Crippen molar-refractivity contribution in [2.75, 3.05) is 31.1 Å². The minimum Gasteiger partial charge on any atom is -0.467 e. The van der Waals surface area contributed by atoms with Crippen molar-refractivity contribution >= 4 is 56.7 Å². The van der Waals surface area contributed by atoms with Gasteiger partial charge >= 0.3 is 6.09 Å². The van der Waals surface area contributed by atoms with Gasteiger partial charge in [-0.2, -0.15) is 5.26 Å². The molecule has 238 valence electrons. The van der Waals surface area contributed by atoms with Gasteiger partial charge in [-0.3, -0.25) is 9.59 Å². The summed E-state index contributed by atoms with van der Waals surface area (Å²) < 4.78 is 16.9. The molecule has 0 unspecified atom stereocenters. The zero-order valence-corrected chi connectivity index (χ0v) is 28.0. The third kappa shape index (κ3) is 9.37. The Kier molecular flexibility index (Phi) is 11.5. The van der Waals surface area contributed by atoms with Crippen molar-refractivity contribution in [3.8, 4) is 34.2 Å². The van der Waals surface area contributed by atoms with Gasteiger partial charge in [-0.15, -0.1) is 11.3 Å². The first-order valence-electron chi connectivity index (χ1n) is 14.1. The maximum Gasteiger partial charge on any atom is 0.407 e. The summed E-state index contributed by atoms with van der Waals surface area (Å²) in [6, 6.07) is 19.7. The number of anilines is 2. The average molecular weight is 707 g/mol. The maximum atomic E-state index is 13.1. The highest BCUT2D eigenvalue weighted by atomic mass is 79.9. The van der Waals surface area contributed by atoms with E-state index >= 15 is 0 Å². The zero-order valence-electron chi connectivity index (χ0n) is 25.6. The molecule has 0 saturated heterocycles. The van der Waals surface area contributed by atoms with Crippen LogP contribution in [0.1, 0.15) is 42.4 Å². The molecule has 0 atom stereocenters. The Balaban J connectivity index is 1.69. The lowest BCUT2D eigenvalue weighted by atomic mass is 9.97.